The highest BCUT2D eigenvalue weighted by Gasteiger charge is 2.14. The lowest BCUT2D eigenvalue weighted by Gasteiger charge is -2.08. The average Bonchev–Trinajstić information content (AvgIpc) is 2.60. The highest BCUT2D eigenvalue weighted by molar-refractivity contribution is 6.32. The maximum atomic E-state index is 12.0. The Morgan fingerprint density at radius 3 is 2.68 bits per heavy atom. The predicted molar refractivity (Wildman–Crippen MR) is 92.3 cm³/mol. The standard InChI is InChI=1S/C16H13ClN6O2/c17-13-11(7-4-8-19-13)14(24)25-9-12-21-15(18)23-16(22-12)20-10-5-2-1-3-6-10/h1-8H,9H2,(H3,18,20,21,22,23). The summed E-state index contributed by atoms with van der Waals surface area (Å²) in [6, 6.07) is 12.4. The van der Waals surface area contributed by atoms with Crippen LogP contribution in [0, 0.1) is 0 Å². The molecule has 3 rings (SSSR count). The van der Waals surface area contributed by atoms with Crippen molar-refractivity contribution in [1.29, 1.82) is 0 Å². The Labute approximate surface area is 148 Å². The average molecular weight is 357 g/mol. The molecule has 0 aliphatic carbocycles. The molecule has 3 aromatic rings. The van der Waals surface area contributed by atoms with E-state index in [1.165, 1.54) is 12.3 Å². The number of halogens is 1. The molecule has 0 saturated heterocycles. The molecule has 126 valence electrons. The number of rotatable bonds is 5. The third kappa shape index (κ3) is 4.39. The van der Waals surface area contributed by atoms with Crippen molar-refractivity contribution < 1.29 is 9.53 Å². The lowest BCUT2D eigenvalue weighted by Crippen LogP contribution is -2.11. The number of para-hydroxylation sites is 1. The molecular formula is C16H13ClN6O2. The van der Waals surface area contributed by atoms with Crippen molar-refractivity contribution in [3.63, 3.8) is 0 Å². The molecule has 0 unspecified atom stereocenters. The van der Waals surface area contributed by atoms with Gasteiger partial charge in [-0.15, -0.1) is 0 Å². The molecule has 0 amide bonds. The summed E-state index contributed by atoms with van der Waals surface area (Å²) in [6.07, 6.45) is 1.48. The summed E-state index contributed by atoms with van der Waals surface area (Å²) in [5.74, 6) is -0.156. The summed E-state index contributed by atoms with van der Waals surface area (Å²) >= 11 is 5.86. The van der Waals surface area contributed by atoms with Crippen molar-refractivity contribution in [1.82, 2.24) is 19.9 Å². The highest BCUT2D eigenvalue weighted by atomic mass is 35.5. The second kappa shape index (κ2) is 7.54. The van der Waals surface area contributed by atoms with Gasteiger partial charge < -0.3 is 15.8 Å². The van der Waals surface area contributed by atoms with Gasteiger partial charge in [-0.1, -0.05) is 29.8 Å². The SMILES string of the molecule is Nc1nc(COC(=O)c2cccnc2Cl)nc(Nc2ccccc2)n1. The second-order valence-electron chi connectivity index (χ2n) is 4.84. The van der Waals surface area contributed by atoms with Gasteiger partial charge in [0.2, 0.25) is 11.9 Å². The molecule has 0 aliphatic heterocycles. The molecule has 3 N–H and O–H groups in total. The molecule has 9 heteroatoms. The summed E-state index contributed by atoms with van der Waals surface area (Å²) in [4.78, 5) is 28.0. The molecule has 0 fully saturated rings. The van der Waals surface area contributed by atoms with E-state index in [1.807, 2.05) is 30.3 Å². The van der Waals surface area contributed by atoms with Crippen molar-refractivity contribution in [2.45, 2.75) is 6.61 Å². The number of anilines is 3. The number of ether oxygens (including phenoxy) is 1. The molecule has 0 spiro atoms. The Hall–Kier alpha value is -3.26. The number of aromatic nitrogens is 4. The fourth-order valence-corrected chi connectivity index (χ4v) is 2.15. The van der Waals surface area contributed by atoms with Crippen LogP contribution in [0.4, 0.5) is 17.6 Å². The lowest BCUT2D eigenvalue weighted by molar-refractivity contribution is 0.0462. The fourth-order valence-electron chi connectivity index (χ4n) is 1.96. The summed E-state index contributed by atoms with van der Waals surface area (Å²) in [5.41, 5.74) is 6.63. The topological polar surface area (TPSA) is 116 Å². The molecule has 0 bridgehead atoms. The maximum Gasteiger partial charge on any atom is 0.341 e. The minimum absolute atomic E-state index is 0.0129. The summed E-state index contributed by atoms with van der Waals surface area (Å²) in [6.45, 7) is -0.180. The van der Waals surface area contributed by atoms with E-state index in [0.29, 0.717) is 0 Å². The van der Waals surface area contributed by atoms with Gasteiger partial charge in [0, 0.05) is 11.9 Å². The van der Waals surface area contributed by atoms with Gasteiger partial charge in [0.25, 0.3) is 0 Å². The van der Waals surface area contributed by atoms with E-state index in [9.17, 15) is 4.79 Å². The van der Waals surface area contributed by atoms with E-state index in [0.717, 1.165) is 5.69 Å². The van der Waals surface area contributed by atoms with Gasteiger partial charge in [-0.05, 0) is 24.3 Å². The van der Waals surface area contributed by atoms with Crippen molar-refractivity contribution in [3.8, 4) is 0 Å². The smallest absolute Gasteiger partial charge is 0.341 e. The molecule has 2 aromatic heterocycles. The predicted octanol–water partition coefficient (Wildman–Crippen LogP) is 2.60. The van der Waals surface area contributed by atoms with Gasteiger partial charge in [-0.3, -0.25) is 0 Å². The van der Waals surface area contributed by atoms with Crippen LogP contribution in [0.2, 0.25) is 5.15 Å². The minimum atomic E-state index is -0.630. The van der Waals surface area contributed by atoms with Crippen LogP contribution in [-0.2, 0) is 11.3 Å². The third-order valence-corrected chi connectivity index (χ3v) is 3.34. The second-order valence-corrected chi connectivity index (χ2v) is 5.20. The fraction of sp³-hybridized carbons (Fsp3) is 0.0625. The number of esters is 1. The van der Waals surface area contributed by atoms with Crippen LogP contribution >= 0.6 is 11.6 Å². The summed E-state index contributed by atoms with van der Waals surface area (Å²) in [7, 11) is 0. The van der Waals surface area contributed by atoms with E-state index in [-0.39, 0.29) is 35.0 Å². The minimum Gasteiger partial charge on any atom is -0.454 e. The van der Waals surface area contributed by atoms with Crippen molar-refractivity contribution in [3.05, 3.63) is 65.2 Å². The number of carbonyl (C=O) groups is 1. The Balaban J connectivity index is 1.70. The number of nitrogen functional groups attached to an aromatic ring is 1. The number of carbonyl (C=O) groups excluding carboxylic acids is 1. The number of pyridine rings is 1. The van der Waals surface area contributed by atoms with Crippen LogP contribution in [-0.4, -0.2) is 25.9 Å². The molecule has 25 heavy (non-hydrogen) atoms. The zero-order valence-corrected chi connectivity index (χ0v) is 13.6. The van der Waals surface area contributed by atoms with Crippen molar-refractivity contribution in [2.75, 3.05) is 11.1 Å². The largest absolute Gasteiger partial charge is 0.454 e. The molecule has 0 saturated carbocycles. The van der Waals surface area contributed by atoms with Gasteiger partial charge in [0.05, 0.1) is 5.56 Å². The summed E-state index contributed by atoms with van der Waals surface area (Å²) < 4.78 is 5.16. The molecule has 0 atom stereocenters. The molecular weight excluding hydrogens is 344 g/mol. The number of nitrogens with zero attached hydrogens (tertiary/aromatic N) is 4. The van der Waals surface area contributed by atoms with Crippen LogP contribution in [0.3, 0.4) is 0 Å². The van der Waals surface area contributed by atoms with E-state index >= 15 is 0 Å². The maximum absolute atomic E-state index is 12.0. The van der Waals surface area contributed by atoms with Gasteiger partial charge in [0.1, 0.15) is 5.15 Å². The lowest BCUT2D eigenvalue weighted by atomic mass is 10.3. The molecule has 0 radical (unpaired) electrons. The Bertz CT molecular complexity index is 891. The van der Waals surface area contributed by atoms with Crippen LogP contribution in [0.1, 0.15) is 16.2 Å². The number of nitrogens with two attached hydrogens (primary N) is 1. The molecule has 2 heterocycles. The number of hydrogen-bond donors (Lipinski definition) is 2. The Morgan fingerprint density at radius 1 is 1.12 bits per heavy atom. The van der Waals surface area contributed by atoms with E-state index in [4.69, 9.17) is 22.1 Å². The third-order valence-electron chi connectivity index (χ3n) is 3.04. The quantitative estimate of drug-likeness (QED) is 0.529. The molecule has 1 aromatic carbocycles. The van der Waals surface area contributed by atoms with Crippen LogP contribution in [0.15, 0.2) is 48.7 Å². The van der Waals surface area contributed by atoms with Gasteiger partial charge in [-0.2, -0.15) is 15.0 Å². The molecule has 8 nitrogen and oxygen atoms in total. The van der Waals surface area contributed by atoms with E-state index < -0.39 is 5.97 Å². The first-order valence-corrected chi connectivity index (χ1v) is 7.60. The number of hydrogen-bond acceptors (Lipinski definition) is 8. The highest BCUT2D eigenvalue weighted by Crippen LogP contribution is 2.15. The number of benzene rings is 1. The van der Waals surface area contributed by atoms with Crippen LogP contribution < -0.4 is 11.1 Å². The normalized spacial score (nSPS) is 10.3. The zero-order valence-electron chi connectivity index (χ0n) is 12.9. The van der Waals surface area contributed by atoms with Crippen molar-refractivity contribution >= 4 is 35.2 Å². The van der Waals surface area contributed by atoms with E-state index in [1.54, 1.807) is 6.07 Å². The van der Waals surface area contributed by atoms with Gasteiger partial charge in [0.15, 0.2) is 12.4 Å². The van der Waals surface area contributed by atoms with Gasteiger partial charge >= 0.3 is 5.97 Å². The monoisotopic (exact) mass is 356 g/mol. The summed E-state index contributed by atoms with van der Waals surface area (Å²) in [5, 5.41) is 3.06. The van der Waals surface area contributed by atoms with Crippen LogP contribution in [0.5, 0.6) is 0 Å². The number of nitrogens with one attached hydrogen (secondary N) is 1. The first kappa shape index (κ1) is 16.6. The van der Waals surface area contributed by atoms with E-state index in [2.05, 4.69) is 25.3 Å². The van der Waals surface area contributed by atoms with Crippen molar-refractivity contribution in [2.24, 2.45) is 0 Å². The Kier molecular flexibility index (Phi) is 5.00. The first-order chi connectivity index (χ1) is 12.1. The Morgan fingerprint density at radius 2 is 1.92 bits per heavy atom. The van der Waals surface area contributed by atoms with Crippen LogP contribution in [0.25, 0.3) is 0 Å². The zero-order chi connectivity index (χ0) is 17.6. The van der Waals surface area contributed by atoms with Gasteiger partial charge in [-0.25, -0.2) is 9.78 Å². The first-order valence-electron chi connectivity index (χ1n) is 7.22. The molecule has 0 aliphatic rings.